The van der Waals surface area contributed by atoms with Gasteiger partial charge in [-0.2, -0.15) is 0 Å². The van der Waals surface area contributed by atoms with Crippen molar-refractivity contribution in [2.24, 2.45) is 32.5 Å². The van der Waals surface area contributed by atoms with E-state index in [9.17, 15) is 0 Å². The Morgan fingerprint density at radius 2 is 0.322 bits per heavy atom. The molecule has 0 amide bonds. The summed E-state index contributed by atoms with van der Waals surface area (Å²) in [5.74, 6) is 0. The van der Waals surface area contributed by atoms with Crippen molar-refractivity contribution in [3.8, 4) is 0 Å². The average molecular weight is 1230 g/mol. The highest BCUT2D eigenvalue weighted by Crippen LogP contribution is 2.32. The number of hydrogen-bond donors (Lipinski definition) is 0. The van der Waals surface area contributed by atoms with Gasteiger partial charge in [0, 0.05) is 0 Å². The second kappa shape index (κ2) is 32.9. The van der Waals surface area contributed by atoms with Crippen LogP contribution in [0.3, 0.4) is 0 Å². The fourth-order valence-electron chi connectivity index (χ4n) is 10.5. The van der Waals surface area contributed by atoms with E-state index in [1.807, 2.05) is 0 Å². The molecular formula is C90H144. The first-order valence-corrected chi connectivity index (χ1v) is 34.7. The van der Waals surface area contributed by atoms with Crippen LogP contribution in [-0.2, 0) is 71.0 Å². The summed E-state index contributed by atoms with van der Waals surface area (Å²) >= 11 is 0. The van der Waals surface area contributed by atoms with E-state index in [1.54, 1.807) is 0 Å². The van der Waals surface area contributed by atoms with E-state index in [1.165, 1.54) is 66.8 Å². The molecule has 6 aromatic carbocycles. The predicted molar refractivity (Wildman–Crippen MR) is 410 cm³/mol. The lowest BCUT2D eigenvalue weighted by atomic mass is 9.81. The molecule has 0 nitrogen and oxygen atoms in total. The van der Waals surface area contributed by atoms with Crippen LogP contribution < -0.4 is 0 Å². The van der Waals surface area contributed by atoms with Gasteiger partial charge in [0.05, 0.1) is 0 Å². The van der Waals surface area contributed by atoms with Crippen molar-refractivity contribution in [3.05, 3.63) is 212 Å². The molecule has 0 unspecified atom stereocenters. The predicted octanol–water partition coefficient (Wildman–Crippen LogP) is 27.4. The van der Waals surface area contributed by atoms with E-state index < -0.39 is 0 Å². The van der Waals surface area contributed by atoms with Crippen LogP contribution in [0.5, 0.6) is 0 Å². The molecule has 90 heavy (non-hydrogen) atoms. The molecule has 0 aliphatic carbocycles. The third-order valence-corrected chi connectivity index (χ3v) is 15.2. The molecule has 0 saturated carbocycles. The van der Waals surface area contributed by atoms with Gasteiger partial charge in [-0.3, -0.25) is 0 Å². The van der Waals surface area contributed by atoms with Gasteiger partial charge in [0.2, 0.25) is 0 Å². The van der Waals surface area contributed by atoms with Crippen LogP contribution in [0.1, 0.15) is 316 Å². The van der Waals surface area contributed by atoms with Crippen LogP contribution in [0.15, 0.2) is 146 Å². The van der Waals surface area contributed by atoms with E-state index in [0.717, 1.165) is 38.5 Å². The molecule has 0 aromatic heterocycles. The van der Waals surface area contributed by atoms with Crippen molar-refractivity contribution in [3.63, 3.8) is 0 Å². The van der Waals surface area contributed by atoms with E-state index in [2.05, 4.69) is 395 Å². The van der Waals surface area contributed by atoms with Crippen molar-refractivity contribution < 1.29 is 0 Å². The summed E-state index contributed by atoms with van der Waals surface area (Å²) in [6.07, 6.45) is 6.93. The molecule has 0 N–H and O–H groups in total. The highest BCUT2D eigenvalue weighted by molar-refractivity contribution is 5.34. The summed E-state index contributed by atoms with van der Waals surface area (Å²) in [6, 6.07) is 54.2. The molecule has 0 aliphatic rings. The standard InChI is InChI=1S/2C16H26.2C15H24.2C14H22/c1-15(2,3)11-13-7-9-14(10-8-13)12-16(4,5)6;1-15(2,3)11-13-8-7-9-14(10-13)12-16(4,5)6;1-14(2,3)11-12-7-9-13(10-8-12)15(4,5)6;1-14(2,3)11-12-8-7-9-13(10-12)15(4,5)6;1-13(2,3)11-7-9-12(10-8-11)14(4,5)6;1-13(2,3)11-8-7-9-12(10-11)14(4,5)6/h2*7-10H,11-12H2,1-6H3;2*7-10H,11H2,1-6H3;2*7-10H,1-6H3. The van der Waals surface area contributed by atoms with Gasteiger partial charge < -0.3 is 0 Å². The Hall–Kier alpha value is -4.68. The maximum absolute atomic E-state index is 2.37. The molecule has 0 bridgehead atoms. The maximum atomic E-state index is 2.37. The molecule has 504 valence electrons. The third-order valence-electron chi connectivity index (χ3n) is 15.2. The highest BCUT2D eigenvalue weighted by Gasteiger charge is 2.22. The molecule has 0 radical (unpaired) electrons. The first kappa shape index (κ1) is 83.3. The number of hydrogen-bond acceptors (Lipinski definition) is 0. The van der Waals surface area contributed by atoms with Gasteiger partial charge >= 0.3 is 0 Å². The quantitative estimate of drug-likeness (QED) is 0.156. The van der Waals surface area contributed by atoms with Crippen LogP contribution in [-0.4, -0.2) is 0 Å². The Bertz CT molecular complexity index is 2820. The zero-order valence-electron chi connectivity index (χ0n) is 66.1. The zero-order valence-corrected chi connectivity index (χ0v) is 66.1. The van der Waals surface area contributed by atoms with Crippen LogP contribution in [0, 0.1) is 32.5 Å². The molecule has 6 aromatic rings. The van der Waals surface area contributed by atoms with Gasteiger partial charge in [-0.15, -0.1) is 0 Å². The lowest BCUT2D eigenvalue weighted by Crippen LogP contribution is -2.15. The van der Waals surface area contributed by atoms with Crippen molar-refractivity contribution in [2.75, 3.05) is 0 Å². The zero-order chi connectivity index (χ0) is 70.1. The summed E-state index contributed by atoms with van der Waals surface area (Å²) < 4.78 is 0. The Kier molecular flexibility index (Phi) is 30.5. The Labute approximate surface area is 561 Å². The van der Waals surface area contributed by atoms with E-state index in [4.69, 9.17) is 0 Å². The minimum Gasteiger partial charge on any atom is -0.0617 e. The normalized spacial score (nSPS) is 12.9. The molecule has 0 atom stereocenters. The number of rotatable bonds is 6. The minimum absolute atomic E-state index is 0.251. The summed E-state index contributed by atoms with van der Waals surface area (Å²) in [7, 11) is 0. The molecule has 0 spiro atoms. The van der Waals surface area contributed by atoms with Crippen molar-refractivity contribution in [1.82, 2.24) is 0 Å². The fraction of sp³-hybridized carbons (Fsp3) is 0.600. The first-order valence-electron chi connectivity index (χ1n) is 34.7. The Morgan fingerprint density at radius 3 is 0.544 bits per heavy atom. The Balaban J connectivity index is 0.000000540. The van der Waals surface area contributed by atoms with Gasteiger partial charge in [-0.25, -0.2) is 0 Å². The lowest BCUT2D eigenvalue weighted by molar-refractivity contribution is 0.405. The first-order chi connectivity index (χ1) is 40.1. The molecule has 0 heteroatoms. The SMILES string of the molecule is CC(C)(C)Cc1ccc(C(C)(C)C)cc1.CC(C)(C)Cc1ccc(CC(C)(C)C)cc1.CC(C)(C)Cc1cccc(C(C)(C)C)c1.CC(C)(C)Cc1cccc(CC(C)(C)C)c1.CC(C)(C)c1ccc(C(C)(C)C)cc1.CC(C)(C)c1cccc(C(C)(C)C)c1. The van der Waals surface area contributed by atoms with Gasteiger partial charge in [0.15, 0.2) is 0 Å². The molecule has 0 fully saturated rings. The summed E-state index contributed by atoms with van der Waals surface area (Å²) in [4.78, 5) is 0. The monoisotopic (exact) mass is 1230 g/mol. The molecule has 6 rings (SSSR count). The highest BCUT2D eigenvalue weighted by atomic mass is 14.3. The van der Waals surface area contributed by atoms with E-state index in [0.29, 0.717) is 32.5 Å². The Morgan fingerprint density at radius 1 is 0.156 bits per heavy atom. The largest absolute Gasteiger partial charge is 0.0617 e. The van der Waals surface area contributed by atoms with Crippen molar-refractivity contribution in [1.29, 1.82) is 0 Å². The van der Waals surface area contributed by atoms with Gasteiger partial charge in [0.25, 0.3) is 0 Å². The smallest absolute Gasteiger partial charge is 0.0132 e. The number of benzene rings is 6. The molecule has 0 saturated heterocycles. The fourth-order valence-corrected chi connectivity index (χ4v) is 10.5. The summed E-state index contributed by atoms with van der Waals surface area (Å²) in [6.45, 7) is 81.8. The molecule has 0 aliphatic heterocycles. The summed E-state index contributed by atoms with van der Waals surface area (Å²) in [5, 5.41) is 0. The van der Waals surface area contributed by atoms with Crippen LogP contribution in [0.2, 0.25) is 0 Å². The van der Waals surface area contributed by atoms with Crippen LogP contribution in [0.25, 0.3) is 0 Å². The van der Waals surface area contributed by atoms with E-state index >= 15 is 0 Å². The summed E-state index contributed by atoms with van der Waals surface area (Å²) in [5.41, 5.74) is 21.0. The molecular weight excluding hydrogens is 1080 g/mol. The van der Waals surface area contributed by atoms with E-state index in [-0.39, 0.29) is 32.5 Å². The topological polar surface area (TPSA) is 0 Å². The van der Waals surface area contributed by atoms with Crippen LogP contribution in [0.4, 0.5) is 0 Å². The van der Waals surface area contributed by atoms with Crippen molar-refractivity contribution >= 4 is 0 Å². The maximum Gasteiger partial charge on any atom is -0.0132 e. The van der Waals surface area contributed by atoms with Gasteiger partial charge in [-0.1, -0.05) is 395 Å². The van der Waals surface area contributed by atoms with Crippen molar-refractivity contribution in [2.45, 2.75) is 320 Å². The third kappa shape index (κ3) is 38.4. The van der Waals surface area contributed by atoms with Crippen LogP contribution >= 0.6 is 0 Å². The second-order valence-electron chi connectivity index (χ2n) is 40.1. The minimum atomic E-state index is 0.251. The second-order valence-corrected chi connectivity index (χ2v) is 40.1. The lowest BCUT2D eigenvalue weighted by Gasteiger charge is -2.24. The molecule has 0 heterocycles. The average Bonchev–Trinajstić information content (AvgIpc) is 1.38. The van der Waals surface area contributed by atoms with Gasteiger partial charge in [-0.05, 0) is 170 Å². The van der Waals surface area contributed by atoms with Gasteiger partial charge in [0.1, 0.15) is 0 Å².